The third-order valence-corrected chi connectivity index (χ3v) is 5.15. The van der Waals surface area contributed by atoms with E-state index in [0.29, 0.717) is 22.9 Å². The molecule has 0 saturated carbocycles. The van der Waals surface area contributed by atoms with Crippen molar-refractivity contribution in [1.29, 1.82) is 0 Å². The minimum absolute atomic E-state index is 0.0456. The van der Waals surface area contributed by atoms with E-state index in [9.17, 15) is 9.90 Å². The molecule has 1 aromatic heterocycles. The molecule has 2 heterocycles. The number of β-amino-alcohol motifs (C(OH)–C–C–N with tert-alkyl or cyclic N) is 1. The van der Waals surface area contributed by atoms with Crippen molar-refractivity contribution in [3.8, 4) is 5.75 Å². The molecule has 0 aliphatic carbocycles. The molecule has 0 bridgehead atoms. The van der Waals surface area contributed by atoms with Gasteiger partial charge < -0.3 is 25.6 Å². The lowest BCUT2D eigenvalue weighted by molar-refractivity contribution is 0.0997. The van der Waals surface area contributed by atoms with Crippen LogP contribution in [0.5, 0.6) is 5.75 Å². The standard InChI is InChI=1S/C20H25ClN4O4/c21-17-10-16(29-8-7-26)1-2-18(17)25-5-3-24(4-6-25)13-19(27)14-9-15(20(22)28)12-23-11-14/h1-2,9-12,19,26-27H,3-8,13H2,(H2,22,28). The van der Waals surface area contributed by atoms with E-state index in [0.717, 1.165) is 31.9 Å². The smallest absolute Gasteiger partial charge is 0.250 e. The van der Waals surface area contributed by atoms with Crippen LogP contribution in [0.4, 0.5) is 5.69 Å². The third kappa shape index (κ3) is 5.57. The van der Waals surface area contributed by atoms with Crippen LogP contribution in [0.15, 0.2) is 36.7 Å². The number of nitrogens with two attached hydrogens (primary N) is 1. The molecule has 3 rings (SSSR count). The van der Waals surface area contributed by atoms with Gasteiger partial charge in [-0.15, -0.1) is 0 Å². The molecule has 0 radical (unpaired) electrons. The number of hydrogen-bond donors (Lipinski definition) is 3. The molecule has 1 atom stereocenters. The molecular formula is C20H25ClN4O4. The van der Waals surface area contributed by atoms with Gasteiger partial charge in [-0.2, -0.15) is 0 Å². The van der Waals surface area contributed by atoms with Crippen LogP contribution in [-0.4, -0.2) is 71.9 Å². The normalized spacial score (nSPS) is 15.9. The largest absolute Gasteiger partial charge is 0.491 e. The molecular weight excluding hydrogens is 396 g/mol. The highest BCUT2D eigenvalue weighted by atomic mass is 35.5. The summed E-state index contributed by atoms with van der Waals surface area (Å²) in [5, 5.41) is 19.9. The number of primary amides is 1. The average molecular weight is 421 g/mol. The molecule has 156 valence electrons. The lowest BCUT2D eigenvalue weighted by Gasteiger charge is -2.37. The first-order chi connectivity index (χ1) is 14.0. The molecule has 1 aliphatic rings. The number of hydrogen-bond acceptors (Lipinski definition) is 7. The maximum Gasteiger partial charge on any atom is 0.250 e. The second-order valence-electron chi connectivity index (χ2n) is 6.86. The molecule has 9 heteroatoms. The van der Waals surface area contributed by atoms with Gasteiger partial charge in [0.15, 0.2) is 0 Å². The summed E-state index contributed by atoms with van der Waals surface area (Å²) in [6.45, 7) is 3.69. The summed E-state index contributed by atoms with van der Waals surface area (Å²) in [4.78, 5) is 19.6. The number of amides is 1. The van der Waals surface area contributed by atoms with Gasteiger partial charge in [0.2, 0.25) is 5.91 Å². The fraction of sp³-hybridized carbons (Fsp3) is 0.400. The Morgan fingerprint density at radius 3 is 2.66 bits per heavy atom. The first-order valence-electron chi connectivity index (χ1n) is 9.41. The molecule has 8 nitrogen and oxygen atoms in total. The molecule has 1 saturated heterocycles. The fourth-order valence-corrected chi connectivity index (χ4v) is 3.58. The van der Waals surface area contributed by atoms with Crippen LogP contribution in [0, 0.1) is 0 Å². The highest BCUT2D eigenvalue weighted by Crippen LogP contribution is 2.30. The van der Waals surface area contributed by atoms with E-state index in [1.54, 1.807) is 18.3 Å². The number of pyridine rings is 1. The van der Waals surface area contributed by atoms with E-state index in [1.807, 2.05) is 12.1 Å². The van der Waals surface area contributed by atoms with Gasteiger partial charge in [0.25, 0.3) is 0 Å². The number of benzene rings is 1. The Balaban J connectivity index is 1.55. The number of piperazine rings is 1. The predicted molar refractivity (Wildman–Crippen MR) is 110 cm³/mol. The number of aliphatic hydroxyl groups is 2. The number of anilines is 1. The second-order valence-corrected chi connectivity index (χ2v) is 7.27. The van der Waals surface area contributed by atoms with Crippen molar-refractivity contribution < 1.29 is 19.7 Å². The Morgan fingerprint density at radius 2 is 2.00 bits per heavy atom. The molecule has 0 spiro atoms. The lowest BCUT2D eigenvalue weighted by atomic mass is 10.1. The number of ether oxygens (including phenoxy) is 1. The number of carbonyl (C=O) groups is 1. The van der Waals surface area contributed by atoms with Crippen LogP contribution in [0.1, 0.15) is 22.0 Å². The highest BCUT2D eigenvalue weighted by Gasteiger charge is 2.22. The Kier molecular flexibility index (Phi) is 7.27. The SMILES string of the molecule is NC(=O)c1cncc(C(O)CN2CCN(c3ccc(OCCO)cc3Cl)CC2)c1. The molecule has 4 N–H and O–H groups in total. The molecule has 1 fully saturated rings. The number of rotatable bonds is 8. The maximum atomic E-state index is 11.3. The summed E-state index contributed by atoms with van der Waals surface area (Å²) < 4.78 is 5.38. The van der Waals surface area contributed by atoms with Crippen LogP contribution in [-0.2, 0) is 0 Å². The minimum atomic E-state index is -0.750. The van der Waals surface area contributed by atoms with Crippen molar-refractivity contribution in [2.75, 3.05) is 50.8 Å². The zero-order valence-electron chi connectivity index (χ0n) is 16.0. The zero-order chi connectivity index (χ0) is 20.8. The number of aliphatic hydroxyl groups excluding tert-OH is 2. The number of aromatic nitrogens is 1. The molecule has 1 aliphatic heterocycles. The summed E-state index contributed by atoms with van der Waals surface area (Å²) in [6.07, 6.45) is 2.19. The van der Waals surface area contributed by atoms with Gasteiger partial charge in [0.1, 0.15) is 12.4 Å². The van der Waals surface area contributed by atoms with Gasteiger partial charge in [0, 0.05) is 56.7 Å². The second kappa shape index (κ2) is 9.89. The minimum Gasteiger partial charge on any atom is -0.491 e. The summed E-state index contributed by atoms with van der Waals surface area (Å²) >= 11 is 6.40. The lowest BCUT2D eigenvalue weighted by Crippen LogP contribution is -2.47. The van der Waals surface area contributed by atoms with E-state index < -0.39 is 12.0 Å². The van der Waals surface area contributed by atoms with Crippen molar-refractivity contribution in [3.05, 3.63) is 52.8 Å². The molecule has 1 amide bonds. The van der Waals surface area contributed by atoms with Gasteiger partial charge in [-0.3, -0.25) is 14.7 Å². The number of nitrogens with zero attached hydrogens (tertiary/aromatic N) is 3. The quantitative estimate of drug-likeness (QED) is 0.585. The van der Waals surface area contributed by atoms with E-state index >= 15 is 0 Å². The van der Waals surface area contributed by atoms with E-state index in [-0.39, 0.29) is 18.8 Å². The summed E-state index contributed by atoms with van der Waals surface area (Å²) in [6, 6.07) is 7.09. The van der Waals surface area contributed by atoms with Gasteiger partial charge in [-0.25, -0.2) is 0 Å². The van der Waals surface area contributed by atoms with Gasteiger partial charge in [0.05, 0.1) is 29.0 Å². The Bertz CT molecular complexity index is 843. The summed E-state index contributed by atoms with van der Waals surface area (Å²) in [7, 11) is 0. The first-order valence-corrected chi connectivity index (χ1v) is 9.79. The molecule has 1 unspecified atom stereocenters. The highest BCUT2D eigenvalue weighted by molar-refractivity contribution is 6.33. The van der Waals surface area contributed by atoms with Crippen LogP contribution < -0.4 is 15.4 Å². The van der Waals surface area contributed by atoms with Crippen LogP contribution in [0.2, 0.25) is 5.02 Å². The van der Waals surface area contributed by atoms with E-state index in [2.05, 4.69) is 14.8 Å². The van der Waals surface area contributed by atoms with Gasteiger partial charge in [-0.05, 0) is 18.2 Å². The van der Waals surface area contributed by atoms with Crippen molar-refractivity contribution in [2.24, 2.45) is 5.73 Å². The van der Waals surface area contributed by atoms with Gasteiger partial charge >= 0.3 is 0 Å². The van der Waals surface area contributed by atoms with Crippen molar-refractivity contribution in [1.82, 2.24) is 9.88 Å². The maximum absolute atomic E-state index is 11.3. The molecule has 1 aromatic carbocycles. The van der Waals surface area contributed by atoms with Crippen LogP contribution >= 0.6 is 11.6 Å². The van der Waals surface area contributed by atoms with E-state index in [1.165, 1.54) is 6.20 Å². The van der Waals surface area contributed by atoms with Crippen molar-refractivity contribution in [2.45, 2.75) is 6.10 Å². The monoisotopic (exact) mass is 420 g/mol. The predicted octanol–water partition coefficient (Wildman–Crippen LogP) is 1.06. The van der Waals surface area contributed by atoms with Crippen LogP contribution in [0.3, 0.4) is 0 Å². The molecule has 29 heavy (non-hydrogen) atoms. The summed E-state index contributed by atoms with van der Waals surface area (Å²) in [5.74, 6) is 0.0613. The zero-order valence-corrected chi connectivity index (χ0v) is 16.8. The topological polar surface area (TPSA) is 112 Å². The van der Waals surface area contributed by atoms with E-state index in [4.69, 9.17) is 27.2 Å². The average Bonchev–Trinajstić information content (AvgIpc) is 2.73. The Hall–Kier alpha value is -2.39. The Labute approximate surface area is 174 Å². The first kappa shape index (κ1) is 21.3. The third-order valence-electron chi connectivity index (χ3n) is 4.85. The Morgan fingerprint density at radius 1 is 1.24 bits per heavy atom. The fourth-order valence-electron chi connectivity index (χ4n) is 3.29. The summed E-state index contributed by atoms with van der Waals surface area (Å²) in [5.41, 5.74) is 7.07. The number of halogens is 1. The van der Waals surface area contributed by atoms with Crippen molar-refractivity contribution in [3.63, 3.8) is 0 Å². The van der Waals surface area contributed by atoms with Crippen molar-refractivity contribution >= 4 is 23.2 Å². The van der Waals surface area contributed by atoms with Gasteiger partial charge in [-0.1, -0.05) is 11.6 Å². The molecule has 2 aromatic rings. The van der Waals surface area contributed by atoms with Crippen LogP contribution in [0.25, 0.3) is 0 Å². The number of carbonyl (C=O) groups excluding carboxylic acids is 1.